The van der Waals surface area contributed by atoms with E-state index in [2.05, 4.69) is 10.4 Å². The molecule has 1 atom stereocenters. The molecule has 1 N–H and O–H groups in total. The average molecular weight is 289 g/mol. The van der Waals surface area contributed by atoms with Crippen LogP contribution < -0.4 is 10.1 Å². The van der Waals surface area contributed by atoms with Crippen molar-refractivity contribution >= 4 is 11.7 Å². The molecule has 0 fully saturated rings. The predicted molar refractivity (Wildman–Crippen MR) is 79.2 cm³/mol. The number of carbonyl (C=O) groups is 1. The van der Waals surface area contributed by atoms with E-state index in [1.165, 1.54) is 0 Å². The summed E-state index contributed by atoms with van der Waals surface area (Å²) in [7, 11) is 3.42. The van der Waals surface area contributed by atoms with Crippen LogP contribution in [0.5, 0.6) is 5.75 Å². The van der Waals surface area contributed by atoms with Crippen molar-refractivity contribution in [3.05, 3.63) is 42.2 Å². The van der Waals surface area contributed by atoms with E-state index in [4.69, 9.17) is 9.47 Å². The molecule has 1 aromatic carbocycles. The highest BCUT2D eigenvalue weighted by atomic mass is 16.5. The number of benzene rings is 1. The Bertz CT molecular complexity index is 592. The summed E-state index contributed by atoms with van der Waals surface area (Å²) < 4.78 is 11.9. The standard InChI is InChI=1S/C15H19N3O3/c1-4-21-15(19)14(11-9-16-18(2)10-11)17-12-5-7-13(20-3)8-6-12/h5-10,14,17H,4H2,1-3H3. The molecule has 6 heteroatoms. The molecule has 0 aliphatic heterocycles. The molecule has 0 bridgehead atoms. The van der Waals surface area contributed by atoms with Gasteiger partial charge in [0.25, 0.3) is 0 Å². The number of methoxy groups -OCH3 is 1. The number of aromatic nitrogens is 2. The van der Waals surface area contributed by atoms with Crippen molar-refractivity contribution in [2.75, 3.05) is 19.0 Å². The molecule has 0 radical (unpaired) electrons. The zero-order valence-electron chi connectivity index (χ0n) is 12.4. The summed E-state index contributed by atoms with van der Waals surface area (Å²) in [6.45, 7) is 2.12. The second kappa shape index (κ2) is 6.78. The Morgan fingerprint density at radius 2 is 2.10 bits per heavy atom. The highest BCUT2D eigenvalue weighted by Crippen LogP contribution is 2.22. The Hall–Kier alpha value is -2.50. The monoisotopic (exact) mass is 289 g/mol. The van der Waals surface area contributed by atoms with E-state index >= 15 is 0 Å². The first kappa shape index (κ1) is 14.9. The van der Waals surface area contributed by atoms with Gasteiger partial charge in [-0.1, -0.05) is 0 Å². The van der Waals surface area contributed by atoms with Crippen LogP contribution >= 0.6 is 0 Å². The van der Waals surface area contributed by atoms with Crippen molar-refractivity contribution < 1.29 is 14.3 Å². The van der Waals surface area contributed by atoms with Crippen LogP contribution in [0.1, 0.15) is 18.5 Å². The zero-order valence-corrected chi connectivity index (χ0v) is 12.4. The fraction of sp³-hybridized carbons (Fsp3) is 0.333. The predicted octanol–water partition coefficient (Wildman–Crippen LogP) is 2.15. The molecule has 112 valence electrons. The Balaban J connectivity index is 2.20. The first-order valence-electron chi connectivity index (χ1n) is 6.69. The lowest BCUT2D eigenvalue weighted by Gasteiger charge is -2.17. The molecule has 0 saturated carbocycles. The molecular weight excluding hydrogens is 270 g/mol. The summed E-state index contributed by atoms with van der Waals surface area (Å²) >= 11 is 0. The van der Waals surface area contributed by atoms with Crippen LogP contribution in [-0.4, -0.2) is 29.5 Å². The van der Waals surface area contributed by atoms with E-state index in [1.807, 2.05) is 24.3 Å². The van der Waals surface area contributed by atoms with Gasteiger partial charge in [0, 0.05) is 24.5 Å². The third-order valence-corrected chi connectivity index (χ3v) is 2.98. The minimum atomic E-state index is -0.591. The number of hydrogen-bond acceptors (Lipinski definition) is 5. The summed E-state index contributed by atoms with van der Waals surface area (Å²) in [5.74, 6) is 0.427. The minimum Gasteiger partial charge on any atom is -0.497 e. The fourth-order valence-corrected chi connectivity index (χ4v) is 1.95. The van der Waals surface area contributed by atoms with Gasteiger partial charge in [0.05, 0.1) is 19.9 Å². The number of ether oxygens (including phenoxy) is 2. The molecule has 0 saturated heterocycles. The third-order valence-electron chi connectivity index (χ3n) is 2.98. The number of rotatable bonds is 6. The summed E-state index contributed by atoms with van der Waals surface area (Å²) in [6.07, 6.45) is 3.44. The highest BCUT2D eigenvalue weighted by Gasteiger charge is 2.23. The van der Waals surface area contributed by atoms with Crippen LogP contribution in [0.2, 0.25) is 0 Å². The summed E-state index contributed by atoms with van der Waals surface area (Å²) in [5, 5.41) is 7.26. The van der Waals surface area contributed by atoms with Gasteiger partial charge in [0.1, 0.15) is 5.75 Å². The molecular formula is C15H19N3O3. The van der Waals surface area contributed by atoms with Crippen LogP contribution in [0.15, 0.2) is 36.7 Å². The van der Waals surface area contributed by atoms with Gasteiger partial charge in [-0.2, -0.15) is 5.10 Å². The van der Waals surface area contributed by atoms with Crippen LogP contribution in [0.25, 0.3) is 0 Å². The van der Waals surface area contributed by atoms with E-state index < -0.39 is 6.04 Å². The van der Waals surface area contributed by atoms with Crippen molar-refractivity contribution in [1.29, 1.82) is 0 Å². The van der Waals surface area contributed by atoms with Gasteiger partial charge in [-0.25, -0.2) is 4.79 Å². The summed E-state index contributed by atoms with van der Waals surface area (Å²) in [4.78, 5) is 12.1. The van der Waals surface area contributed by atoms with Gasteiger partial charge < -0.3 is 14.8 Å². The molecule has 1 unspecified atom stereocenters. The molecule has 6 nitrogen and oxygen atoms in total. The van der Waals surface area contributed by atoms with Gasteiger partial charge in [-0.15, -0.1) is 0 Å². The fourth-order valence-electron chi connectivity index (χ4n) is 1.95. The van der Waals surface area contributed by atoms with E-state index in [9.17, 15) is 4.79 Å². The lowest BCUT2D eigenvalue weighted by atomic mass is 10.1. The Morgan fingerprint density at radius 3 is 2.62 bits per heavy atom. The number of aryl methyl sites for hydroxylation is 1. The quantitative estimate of drug-likeness (QED) is 0.825. The lowest BCUT2D eigenvalue weighted by molar-refractivity contribution is -0.144. The molecule has 1 heterocycles. The van der Waals surface area contributed by atoms with Crippen LogP contribution in [0.3, 0.4) is 0 Å². The number of anilines is 1. The van der Waals surface area contributed by atoms with Gasteiger partial charge in [-0.05, 0) is 31.2 Å². The minimum absolute atomic E-state index is 0.332. The van der Waals surface area contributed by atoms with E-state index in [0.717, 1.165) is 17.0 Å². The number of esters is 1. The Labute approximate surface area is 123 Å². The van der Waals surface area contributed by atoms with Crippen LogP contribution in [0.4, 0.5) is 5.69 Å². The van der Waals surface area contributed by atoms with E-state index in [0.29, 0.717) is 6.61 Å². The normalized spacial score (nSPS) is 11.8. The van der Waals surface area contributed by atoms with Crippen molar-refractivity contribution in [2.45, 2.75) is 13.0 Å². The van der Waals surface area contributed by atoms with Gasteiger partial charge in [0.15, 0.2) is 6.04 Å². The van der Waals surface area contributed by atoms with Gasteiger partial charge in [-0.3, -0.25) is 4.68 Å². The molecule has 2 aromatic rings. The summed E-state index contributed by atoms with van der Waals surface area (Å²) in [5.41, 5.74) is 1.56. The highest BCUT2D eigenvalue weighted by molar-refractivity contribution is 5.81. The molecule has 21 heavy (non-hydrogen) atoms. The van der Waals surface area contributed by atoms with Crippen LogP contribution in [0, 0.1) is 0 Å². The van der Waals surface area contributed by atoms with Gasteiger partial charge in [0.2, 0.25) is 0 Å². The first-order valence-corrected chi connectivity index (χ1v) is 6.69. The average Bonchev–Trinajstić information content (AvgIpc) is 2.92. The molecule has 0 aliphatic carbocycles. The van der Waals surface area contributed by atoms with Crippen molar-refractivity contribution in [3.63, 3.8) is 0 Å². The number of carbonyl (C=O) groups excluding carboxylic acids is 1. The van der Waals surface area contributed by atoms with Crippen molar-refractivity contribution in [3.8, 4) is 5.75 Å². The van der Waals surface area contributed by atoms with Crippen LogP contribution in [-0.2, 0) is 16.6 Å². The molecule has 0 spiro atoms. The Morgan fingerprint density at radius 1 is 1.38 bits per heavy atom. The molecule has 0 amide bonds. The molecule has 0 aliphatic rings. The van der Waals surface area contributed by atoms with Gasteiger partial charge >= 0.3 is 5.97 Å². The second-order valence-electron chi connectivity index (χ2n) is 4.51. The van der Waals surface area contributed by atoms with Crippen molar-refractivity contribution in [2.24, 2.45) is 7.05 Å². The maximum atomic E-state index is 12.1. The SMILES string of the molecule is CCOC(=O)C(Nc1ccc(OC)cc1)c1cnn(C)c1. The maximum absolute atomic E-state index is 12.1. The summed E-state index contributed by atoms with van der Waals surface area (Å²) in [6, 6.07) is 6.76. The number of nitrogens with zero attached hydrogens (tertiary/aromatic N) is 2. The maximum Gasteiger partial charge on any atom is 0.333 e. The van der Waals surface area contributed by atoms with E-state index in [-0.39, 0.29) is 5.97 Å². The Kier molecular flexibility index (Phi) is 4.81. The van der Waals surface area contributed by atoms with Crippen molar-refractivity contribution in [1.82, 2.24) is 9.78 Å². The lowest BCUT2D eigenvalue weighted by Crippen LogP contribution is -2.23. The largest absolute Gasteiger partial charge is 0.497 e. The first-order chi connectivity index (χ1) is 10.1. The molecule has 1 aromatic heterocycles. The van der Waals surface area contributed by atoms with E-state index in [1.54, 1.807) is 38.2 Å². The smallest absolute Gasteiger partial charge is 0.333 e. The zero-order chi connectivity index (χ0) is 15.2. The topological polar surface area (TPSA) is 65.4 Å². The second-order valence-corrected chi connectivity index (χ2v) is 4.51. The molecule has 2 rings (SSSR count). The third kappa shape index (κ3) is 3.75. The number of nitrogens with one attached hydrogen (secondary N) is 1. The number of hydrogen-bond donors (Lipinski definition) is 1.